The molecule has 0 unspecified atom stereocenters. The smallest absolute Gasteiger partial charge is 0.354 e. The minimum Gasteiger partial charge on any atom is -0.464 e. The molecule has 0 aliphatic rings. The molecule has 1 aromatic heterocycles. The van der Waals surface area contributed by atoms with Crippen LogP contribution in [0.3, 0.4) is 0 Å². The molecular weight excluding hydrogens is 391 g/mol. The Morgan fingerprint density at radius 3 is 2.43 bits per heavy atom. The summed E-state index contributed by atoms with van der Waals surface area (Å²) < 4.78 is 25.2. The van der Waals surface area contributed by atoms with E-state index in [4.69, 9.17) is 9.47 Å². The number of hydrogen-bond acceptors (Lipinski definition) is 5. The molecular formula is C22H27FN2O5. The maximum absolute atomic E-state index is 13.6. The van der Waals surface area contributed by atoms with Crippen molar-refractivity contribution in [3.63, 3.8) is 0 Å². The molecule has 2 rings (SSSR count). The molecule has 0 aliphatic heterocycles. The quantitative estimate of drug-likeness (QED) is 0.462. The molecule has 30 heavy (non-hydrogen) atoms. The second-order valence-corrected chi connectivity index (χ2v) is 6.82. The van der Waals surface area contributed by atoms with Crippen LogP contribution in [0.1, 0.15) is 49.4 Å². The molecule has 2 aromatic rings. The third-order valence-electron chi connectivity index (χ3n) is 5.00. The van der Waals surface area contributed by atoms with Crippen molar-refractivity contribution >= 4 is 17.7 Å². The molecule has 1 aromatic carbocycles. The van der Waals surface area contributed by atoms with Crippen molar-refractivity contribution in [2.45, 2.75) is 27.3 Å². The number of amides is 1. The van der Waals surface area contributed by atoms with Crippen molar-refractivity contribution in [3.05, 3.63) is 58.2 Å². The Labute approximate surface area is 175 Å². The Kier molecular flexibility index (Phi) is 7.88. The molecule has 0 fully saturated rings. The van der Waals surface area contributed by atoms with Crippen molar-refractivity contribution in [1.82, 2.24) is 9.47 Å². The molecule has 0 atom stereocenters. The molecule has 162 valence electrons. The average Bonchev–Trinajstić information content (AvgIpc) is 2.99. The zero-order valence-electron chi connectivity index (χ0n) is 18.0. The van der Waals surface area contributed by atoms with Gasteiger partial charge in [-0.25, -0.2) is 9.18 Å². The van der Waals surface area contributed by atoms with Gasteiger partial charge in [-0.2, -0.15) is 0 Å². The highest BCUT2D eigenvalue weighted by molar-refractivity contribution is 6.06. The first-order valence-corrected chi connectivity index (χ1v) is 9.61. The fraction of sp³-hybridized carbons (Fsp3) is 0.409. The largest absolute Gasteiger partial charge is 0.464 e. The highest BCUT2D eigenvalue weighted by Crippen LogP contribution is 2.24. The van der Waals surface area contributed by atoms with E-state index >= 15 is 0 Å². The molecule has 1 heterocycles. The van der Waals surface area contributed by atoms with Gasteiger partial charge in [-0.1, -0.05) is 6.07 Å². The summed E-state index contributed by atoms with van der Waals surface area (Å²) in [7, 11) is 2.78. The Bertz CT molecular complexity index is 951. The van der Waals surface area contributed by atoms with E-state index in [0.717, 1.165) is 6.07 Å². The standard InChI is InChI=1S/C22H27FN2O5/c1-6-25-15(3)19(14(2)20(25)22(28)30-5)18(26)13-24(10-11-29-4)21(27)16-8-7-9-17(23)12-16/h7-9,12H,6,10-11,13H2,1-5H3. The van der Waals surface area contributed by atoms with Gasteiger partial charge in [-0.3, -0.25) is 9.59 Å². The van der Waals surface area contributed by atoms with Crippen LogP contribution < -0.4 is 0 Å². The number of aromatic nitrogens is 1. The minimum absolute atomic E-state index is 0.147. The van der Waals surface area contributed by atoms with Crippen LogP contribution >= 0.6 is 0 Å². The number of methoxy groups -OCH3 is 2. The number of ketones is 1. The van der Waals surface area contributed by atoms with Crippen LogP contribution in [-0.2, 0) is 16.0 Å². The number of Topliss-reactive ketones (excluding diaryl/α,β-unsaturated/α-hetero) is 1. The highest BCUT2D eigenvalue weighted by atomic mass is 19.1. The van der Waals surface area contributed by atoms with Crippen LogP contribution in [0.15, 0.2) is 24.3 Å². The summed E-state index contributed by atoms with van der Waals surface area (Å²) in [4.78, 5) is 39.6. The number of carbonyl (C=O) groups is 3. The average molecular weight is 418 g/mol. The lowest BCUT2D eigenvalue weighted by Gasteiger charge is -2.22. The highest BCUT2D eigenvalue weighted by Gasteiger charge is 2.28. The SMILES string of the molecule is CCn1c(C)c(C(=O)CN(CCOC)C(=O)c2cccc(F)c2)c(C)c1C(=O)OC. The van der Waals surface area contributed by atoms with Crippen molar-refractivity contribution in [3.8, 4) is 0 Å². The zero-order chi connectivity index (χ0) is 22.4. The summed E-state index contributed by atoms with van der Waals surface area (Å²) in [6.07, 6.45) is 0. The lowest BCUT2D eigenvalue weighted by atomic mass is 10.0. The Hall–Kier alpha value is -3.00. The van der Waals surface area contributed by atoms with Gasteiger partial charge in [0.25, 0.3) is 5.91 Å². The van der Waals surface area contributed by atoms with E-state index in [2.05, 4.69) is 0 Å². The monoisotopic (exact) mass is 418 g/mol. The van der Waals surface area contributed by atoms with E-state index in [1.54, 1.807) is 18.4 Å². The van der Waals surface area contributed by atoms with E-state index in [-0.39, 0.29) is 31.0 Å². The fourth-order valence-electron chi connectivity index (χ4n) is 3.57. The van der Waals surface area contributed by atoms with E-state index < -0.39 is 17.7 Å². The predicted octanol–water partition coefficient (Wildman–Crippen LogP) is 3.02. The van der Waals surface area contributed by atoms with Gasteiger partial charge in [0.1, 0.15) is 11.5 Å². The first-order chi connectivity index (χ1) is 14.3. The van der Waals surface area contributed by atoms with Crippen LogP contribution in [-0.4, -0.2) is 61.0 Å². The number of esters is 1. The van der Waals surface area contributed by atoms with Gasteiger partial charge in [-0.15, -0.1) is 0 Å². The summed E-state index contributed by atoms with van der Waals surface area (Å²) in [5.74, 6) is -1.85. The van der Waals surface area contributed by atoms with Crippen molar-refractivity contribution in [2.75, 3.05) is 33.9 Å². The molecule has 0 saturated carbocycles. The first kappa shape index (κ1) is 23.3. The maximum atomic E-state index is 13.6. The predicted molar refractivity (Wildman–Crippen MR) is 109 cm³/mol. The van der Waals surface area contributed by atoms with Gasteiger partial charge in [0.05, 0.1) is 20.3 Å². The Balaban J connectivity index is 2.39. The molecule has 0 saturated heterocycles. The van der Waals surface area contributed by atoms with Crippen molar-refractivity contribution < 1.29 is 28.2 Å². The van der Waals surface area contributed by atoms with E-state index in [9.17, 15) is 18.8 Å². The number of carbonyl (C=O) groups excluding carboxylic acids is 3. The second-order valence-electron chi connectivity index (χ2n) is 6.82. The number of halogens is 1. The Morgan fingerprint density at radius 1 is 1.17 bits per heavy atom. The topological polar surface area (TPSA) is 77.8 Å². The molecule has 7 nitrogen and oxygen atoms in total. The number of benzene rings is 1. The van der Waals surface area contributed by atoms with Gasteiger partial charge < -0.3 is 18.9 Å². The van der Waals surface area contributed by atoms with Crippen LogP contribution in [0, 0.1) is 19.7 Å². The summed E-state index contributed by atoms with van der Waals surface area (Å²) >= 11 is 0. The van der Waals surface area contributed by atoms with Crippen molar-refractivity contribution in [2.24, 2.45) is 0 Å². The zero-order valence-corrected chi connectivity index (χ0v) is 18.0. The van der Waals surface area contributed by atoms with E-state index in [1.807, 2.05) is 6.92 Å². The third kappa shape index (κ3) is 4.76. The summed E-state index contributed by atoms with van der Waals surface area (Å²) in [5, 5.41) is 0. The molecule has 0 bridgehead atoms. The summed E-state index contributed by atoms with van der Waals surface area (Å²) in [6.45, 7) is 5.94. The number of nitrogens with zero attached hydrogens (tertiary/aromatic N) is 2. The van der Waals surface area contributed by atoms with Crippen LogP contribution in [0.25, 0.3) is 0 Å². The Morgan fingerprint density at radius 2 is 1.87 bits per heavy atom. The molecule has 0 aliphatic carbocycles. The van der Waals surface area contributed by atoms with Gasteiger partial charge in [0.2, 0.25) is 0 Å². The molecule has 0 N–H and O–H groups in total. The molecule has 0 spiro atoms. The van der Waals surface area contributed by atoms with Gasteiger partial charge in [0.15, 0.2) is 5.78 Å². The minimum atomic E-state index is -0.534. The first-order valence-electron chi connectivity index (χ1n) is 9.61. The van der Waals surface area contributed by atoms with Gasteiger partial charge >= 0.3 is 5.97 Å². The van der Waals surface area contributed by atoms with E-state index in [1.165, 1.54) is 37.3 Å². The molecule has 0 radical (unpaired) electrons. The molecule has 8 heteroatoms. The maximum Gasteiger partial charge on any atom is 0.354 e. The van der Waals surface area contributed by atoms with Crippen LogP contribution in [0.4, 0.5) is 4.39 Å². The summed E-state index contributed by atoms with van der Waals surface area (Å²) in [6, 6.07) is 5.31. The van der Waals surface area contributed by atoms with Crippen LogP contribution in [0.2, 0.25) is 0 Å². The van der Waals surface area contributed by atoms with Crippen LogP contribution in [0.5, 0.6) is 0 Å². The summed E-state index contributed by atoms with van der Waals surface area (Å²) in [5.41, 5.74) is 1.99. The lowest BCUT2D eigenvalue weighted by Crippen LogP contribution is -2.38. The third-order valence-corrected chi connectivity index (χ3v) is 5.00. The van der Waals surface area contributed by atoms with Crippen molar-refractivity contribution in [1.29, 1.82) is 0 Å². The number of ether oxygens (including phenoxy) is 2. The second kappa shape index (κ2) is 10.2. The number of hydrogen-bond donors (Lipinski definition) is 0. The fourth-order valence-corrected chi connectivity index (χ4v) is 3.57. The van der Waals surface area contributed by atoms with Gasteiger partial charge in [-0.05, 0) is 44.5 Å². The van der Waals surface area contributed by atoms with Gasteiger partial charge in [0, 0.05) is 37.0 Å². The lowest BCUT2D eigenvalue weighted by molar-refractivity contribution is 0.0587. The van der Waals surface area contributed by atoms with E-state index in [0.29, 0.717) is 29.1 Å². The normalized spacial score (nSPS) is 10.7. The number of rotatable bonds is 9. The molecule has 1 amide bonds.